The maximum absolute atomic E-state index is 10.8. The fourth-order valence-electron chi connectivity index (χ4n) is 4.83. The first-order valence-corrected chi connectivity index (χ1v) is 19.5. The largest absolute Gasteiger partial charge is 0.494 e. The standard InChI is InChI=1S/C13H18O4.C12H18O3.C11H14O3.C10H14O2/c1-4-15-12-6-11(9-17-10(3)14)7-13(8-12)16-5-2;1-4-14-11-6-10(9-13-3)7-12(8-11)15-5-2;1-3-13-11-6-4-10(5-7-11)8-14-9(2)12;1-3-12-10-6-4-9(5-7-10)8-11-2/h6-8H,4-5,9H2,1-3H3;6-8H,4-5,9H2,1-3H3;4-7H,3,8H2,1-2H3;4-7H,3,8H2,1-2H3. The van der Waals surface area contributed by atoms with Gasteiger partial charge in [-0.15, -0.1) is 0 Å². The molecule has 0 atom stereocenters. The van der Waals surface area contributed by atoms with Gasteiger partial charge in [-0.05, 0) is 112 Å². The molecular weight excluding hydrogens is 744 g/mol. The topological polar surface area (TPSA) is 126 Å². The van der Waals surface area contributed by atoms with E-state index >= 15 is 0 Å². The van der Waals surface area contributed by atoms with Crippen LogP contribution in [0.4, 0.5) is 0 Å². The lowest BCUT2D eigenvalue weighted by atomic mass is 10.2. The van der Waals surface area contributed by atoms with E-state index in [4.69, 9.17) is 47.4 Å². The first-order chi connectivity index (χ1) is 28.0. The fraction of sp³-hybridized carbons (Fsp3) is 0.435. The Labute approximate surface area is 345 Å². The highest BCUT2D eigenvalue weighted by molar-refractivity contribution is 5.66. The van der Waals surface area contributed by atoms with Crippen molar-refractivity contribution in [2.24, 2.45) is 0 Å². The van der Waals surface area contributed by atoms with Crippen LogP contribution in [0.1, 0.15) is 77.6 Å². The lowest BCUT2D eigenvalue weighted by molar-refractivity contribution is -0.143. The van der Waals surface area contributed by atoms with Crippen molar-refractivity contribution >= 4 is 11.9 Å². The van der Waals surface area contributed by atoms with E-state index in [0.717, 1.165) is 51.2 Å². The van der Waals surface area contributed by atoms with Crippen LogP contribution in [0.3, 0.4) is 0 Å². The zero-order valence-corrected chi connectivity index (χ0v) is 36.1. The van der Waals surface area contributed by atoms with Crippen LogP contribution < -0.4 is 28.4 Å². The Bertz CT molecular complexity index is 1560. The summed E-state index contributed by atoms with van der Waals surface area (Å²) in [6, 6.07) is 26.8. The Morgan fingerprint density at radius 1 is 0.362 bits per heavy atom. The molecule has 0 bridgehead atoms. The zero-order valence-electron chi connectivity index (χ0n) is 36.1. The van der Waals surface area contributed by atoms with Crippen molar-refractivity contribution in [3.05, 3.63) is 107 Å². The van der Waals surface area contributed by atoms with Crippen molar-refractivity contribution in [3.8, 4) is 34.5 Å². The van der Waals surface area contributed by atoms with Crippen LogP contribution in [0.2, 0.25) is 0 Å². The second kappa shape index (κ2) is 31.6. The van der Waals surface area contributed by atoms with E-state index in [2.05, 4.69) is 0 Å². The quantitative estimate of drug-likeness (QED) is 0.0790. The first-order valence-electron chi connectivity index (χ1n) is 19.5. The Morgan fingerprint density at radius 2 is 0.621 bits per heavy atom. The second-order valence-electron chi connectivity index (χ2n) is 11.9. The fourth-order valence-corrected chi connectivity index (χ4v) is 4.83. The average Bonchev–Trinajstić information content (AvgIpc) is 3.19. The predicted octanol–water partition coefficient (Wildman–Crippen LogP) is 9.56. The van der Waals surface area contributed by atoms with E-state index in [1.165, 1.54) is 19.4 Å². The molecule has 0 saturated heterocycles. The third-order valence-electron chi connectivity index (χ3n) is 7.10. The van der Waals surface area contributed by atoms with Gasteiger partial charge in [-0.1, -0.05) is 24.3 Å². The van der Waals surface area contributed by atoms with Gasteiger partial charge in [0.2, 0.25) is 0 Å². The molecule has 0 fully saturated rings. The van der Waals surface area contributed by atoms with Gasteiger partial charge >= 0.3 is 11.9 Å². The van der Waals surface area contributed by atoms with Gasteiger partial charge in [0.1, 0.15) is 47.7 Å². The minimum absolute atomic E-state index is 0.232. The van der Waals surface area contributed by atoms with Gasteiger partial charge in [0.05, 0.1) is 52.9 Å². The molecule has 0 radical (unpaired) electrons. The molecule has 58 heavy (non-hydrogen) atoms. The summed E-state index contributed by atoms with van der Waals surface area (Å²) in [7, 11) is 3.37. The minimum atomic E-state index is -0.301. The summed E-state index contributed by atoms with van der Waals surface area (Å²) in [5.41, 5.74) is 4.05. The monoisotopic (exact) mass is 808 g/mol. The summed E-state index contributed by atoms with van der Waals surface area (Å²) in [5, 5.41) is 0. The van der Waals surface area contributed by atoms with Crippen LogP contribution in [-0.2, 0) is 55.0 Å². The van der Waals surface area contributed by atoms with Crippen molar-refractivity contribution < 1.29 is 57.0 Å². The van der Waals surface area contributed by atoms with Crippen LogP contribution in [-0.4, -0.2) is 65.8 Å². The number of rotatable bonds is 20. The number of esters is 2. The molecule has 0 aromatic heterocycles. The van der Waals surface area contributed by atoms with Crippen molar-refractivity contribution in [1.29, 1.82) is 0 Å². The maximum Gasteiger partial charge on any atom is 0.302 e. The highest BCUT2D eigenvalue weighted by atomic mass is 16.5. The van der Waals surface area contributed by atoms with Gasteiger partial charge in [-0.2, -0.15) is 0 Å². The molecule has 4 aromatic rings. The summed E-state index contributed by atoms with van der Waals surface area (Å²) in [5.74, 6) is 4.28. The van der Waals surface area contributed by atoms with Gasteiger partial charge in [0, 0.05) is 40.2 Å². The second-order valence-corrected chi connectivity index (χ2v) is 11.9. The van der Waals surface area contributed by atoms with Crippen LogP contribution >= 0.6 is 0 Å². The molecule has 0 heterocycles. The molecule has 12 nitrogen and oxygen atoms in total. The van der Waals surface area contributed by atoms with Crippen molar-refractivity contribution in [3.63, 3.8) is 0 Å². The zero-order chi connectivity index (χ0) is 43.0. The van der Waals surface area contributed by atoms with Gasteiger partial charge in [-0.25, -0.2) is 0 Å². The molecule has 0 aliphatic rings. The predicted molar refractivity (Wildman–Crippen MR) is 225 cm³/mol. The van der Waals surface area contributed by atoms with Gasteiger partial charge < -0.3 is 47.4 Å². The van der Waals surface area contributed by atoms with E-state index in [9.17, 15) is 9.59 Å². The molecule has 12 heteroatoms. The van der Waals surface area contributed by atoms with Crippen molar-refractivity contribution in [2.45, 2.75) is 81.8 Å². The number of carbonyl (C=O) groups is 2. The van der Waals surface area contributed by atoms with E-state index in [1.807, 2.05) is 126 Å². The van der Waals surface area contributed by atoms with Gasteiger partial charge in [0.15, 0.2) is 0 Å². The molecule has 0 spiro atoms. The molecular formula is C46H64O12. The van der Waals surface area contributed by atoms with Gasteiger partial charge in [-0.3, -0.25) is 9.59 Å². The molecule has 0 saturated carbocycles. The highest BCUT2D eigenvalue weighted by Crippen LogP contribution is 2.25. The molecule has 0 unspecified atom stereocenters. The molecule has 0 aliphatic carbocycles. The highest BCUT2D eigenvalue weighted by Gasteiger charge is 2.05. The number of methoxy groups -OCH3 is 2. The smallest absolute Gasteiger partial charge is 0.302 e. The lowest BCUT2D eigenvalue weighted by Gasteiger charge is -2.10. The van der Waals surface area contributed by atoms with Crippen LogP contribution in [0.25, 0.3) is 0 Å². The molecule has 0 N–H and O–H groups in total. The molecule has 4 aromatic carbocycles. The summed E-state index contributed by atoms with van der Waals surface area (Å²) in [6.07, 6.45) is 0. The number of ether oxygens (including phenoxy) is 10. The Balaban J connectivity index is 0.000000389. The molecule has 4 rings (SSSR count). The maximum atomic E-state index is 10.8. The Morgan fingerprint density at radius 3 is 0.914 bits per heavy atom. The minimum Gasteiger partial charge on any atom is -0.494 e. The lowest BCUT2D eigenvalue weighted by Crippen LogP contribution is -2.01. The summed E-state index contributed by atoms with van der Waals surface area (Å²) in [4.78, 5) is 21.3. The third-order valence-corrected chi connectivity index (χ3v) is 7.10. The Hall–Kier alpha value is -5.46. The van der Waals surface area contributed by atoms with E-state index in [0.29, 0.717) is 59.5 Å². The normalized spacial score (nSPS) is 9.83. The Kier molecular flexibility index (Phi) is 27.6. The molecule has 320 valence electrons. The first kappa shape index (κ1) is 50.6. The van der Waals surface area contributed by atoms with Crippen molar-refractivity contribution in [2.75, 3.05) is 53.9 Å². The number of hydrogen-bond acceptors (Lipinski definition) is 12. The van der Waals surface area contributed by atoms with E-state index in [1.54, 1.807) is 14.2 Å². The third kappa shape index (κ3) is 23.6. The van der Waals surface area contributed by atoms with Crippen LogP contribution in [0, 0.1) is 0 Å². The van der Waals surface area contributed by atoms with E-state index in [-0.39, 0.29) is 18.5 Å². The number of benzene rings is 4. The van der Waals surface area contributed by atoms with E-state index < -0.39 is 0 Å². The molecule has 0 aliphatic heterocycles. The summed E-state index contributed by atoms with van der Waals surface area (Å²) in [6.45, 7) is 20.1. The SMILES string of the molecule is CCOc1cc(COC(C)=O)cc(OCC)c1.CCOc1cc(COC)cc(OCC)c1.CCOc1ccc(COC(C)=O)cc1.CCOc1ccc(COC)cc1. The summed E-state index contributed by atoms with van der Waals surface area (Å²) >= 11 is 0. The molecule has 0 amide bonds. The van der Waals surface area contributed by atoms with Crippen LogP contribution in [0.5, 0.6) is 34.5 Å². The number of carbonyl (C=O) groups excluding carboxylic acids is 2. The average molecular weight is 809 g/mol. The van der Waals surface area contributed by atoms with Crippen molar-refractivity contribution in [1.82, 2.24) is 0 Å². The number of hydrogen-bond donors (Lipinski definition) is 0. The van der Waals surface area contributed by atoms with Gasteiger partial charge in [0.25, 0.3) is 0 Å². The van der Waals surface area contributed by atoms with Crippen LogP contribution in [0.15, 0.2) is 84.9 Å². The summed E-state index contributed by atoms with van der Waals surface area (Å²) < 4.78 is 52.2.